The molecule has 1 aromatic carbocycles. The third kappa shape index (κ3) is 4.99. The van der Waals surface area contributed by atoms with Gasteiger partial charge in [-0.25, -0.2) is 0 Å². The summed E-state index contributed by atoms with van der Waals surface area (Å²) in [5.74, 6) is 0.976. The summed E-state index contributed by atoms with van der Waals surface area (Å²) in [5.41, 5.74) is 1.50. The standard InChI is InChI=1S/C15H24BrNO/c1-11(17-5)13-10-12(16)6-7-14(13)18-9-8-15(2,3)4/h6-7,10-11,17H,8-9H2,1-5H3. The van der Waals surface area contributed by atoms with E-state index in [0.717, 1.165) is 23.2 Å². The highest BCUT2D eigenvalue weighted by molar-refractivity contribution is 9.10. The van der Waals surface area contributed by atoms with E-state index in [9.17, 15) is 0 Å². The molecule has 1 atom stereocenters. The fourth-order valence-electron chi connectivity index (χ4n) is 1.61. The number of ether oxygens (including phenoxy) is 1. The second kappa shape index (κ2) is 6.58. The highest BCUT2D eigenvalue weighted by atomic mass is 79.9. The second-order valence-corrected chi connectivity index (χ2v) is 6.77. The van der Waals surface area contributed by atoms with Crippen LogP contribution in [0.25, 0.3) is 0 Å². The Morgan fingerprint density at radius 3 is 2.56 bits per heavy atom. The lowest BCUT2D eigenvalue weighted by atomic mass is 9.93. The van der Waals surface area contributed by atoms with E-state index in [0.29, 0.717) is 5.41 Å². The van der Waals surface area contributed by atoms with Gasteiger partial charge >= 0.3 is 0 Å². The van der Waals surface area contributed by atoms with Gasteiger partial charge in [-0.15, -0.1) is 0 Å². The first-order chi connectivity index (χ1) is 8.33. The van der Waals surface area contributed by atoms with E-state index < -0.39 is 0 Å². The average Bonchev–Trinajstić information content (AvgIpc) is 2.28. The number of hydrogen-bond acceptors (Lipinski definition) is 2. The lowest BCUT2D eigenvalue weighted by Crippen LogP contribution is -2.15. The molecule has 0 heterocycles. The van der Waals surface area contributed by atoms with Gasteiger partial charge in [0.2, 0.25) is 0 Å². The monoisotopic (exact) mass is 313 g/mol. The van der Waals surface area contributed by atoms with Gasteiger partial charge in [-0.1, -0.05) is 36.7 Å². The summed E-state index contributed by atoms with van der Waals surface area (Å²) < 4.78 is 7.02. The maximum atomic E-state index is 5.93. The van der Waals surface area contributed by atoms with Crippen molar-refractivity contribution in [3.8, 4) is 5.75 Å². The largest absolute Gasteiger partial charge is 0.493 e. The van der Waals surface area contributed by atoms with Crippen molar-refractivity contribution in [2.24, 2.45) is 5.41 Å². The van der Waals surface area contributed by atoms with Crippen LogP contribution >= 0.6 is 15.9 Å². The highest BCUT2D eigenvalue weighted by Gasteiger charge is 2.13. The smallest absolute Gasteiger partial charge is 0.124 e. The van der Waals surface area contributed by atoms with Gasteiger partial charge in [-0.3, -0.25) is 0 Å². The predicted octanol–water partition coefficient (Wildman–Crippen LogP) is 4.54. The topological polar surface area (TPSA) is 21.3 Å². The van der Waals surface area contributed by atoms with Crippen molar-refractivity contribution in [3.63, 3.8) is 0 Å². The molecule has 1 rings (SSSR count). The van der Waals surface area contributed by atoms with E-state index in [-0.39, 0.29) is 6.04 Å². The zero-order valence-electron chi connectivity index (χ0n) is 12.0. The van der Waals surface area contributed by atoms with Crippen LogP contribution in [0.1, 0.15) is 45.7 Å². The van der Waals surface area contributed by atoms with Crippen molar-refractivity contribution in [3.05, 3.63) is 28.2 Å². The molecule has 1 N–H and O–H groups in total. The van der Waals surface area contributed by atoms with Crippen molar-refractivity contribution >= 4 is 15.9 Å². The molecule has 18 heavy (non-hydrogen) atoms. The van der Waals surface area contributed by atoms with E-state index in [1.165, 1.54) is 5.56 Å². The van der Waals surface area contributed by atoms with Gasteiger partial charge in [-0.2, -0.15) is 0 Å². The van der Waals surface area contributed by atoms with Crippen molar-refractivity contribution in [1.82, 2.24) is 5.32 Å². The number of benzene rings is 1. The van der Waals surface area contributed by atoms with Gasteiger partial charge < -0.3 is 10.1 Å². The van der Waals surface area contributed by atoms with E-state index in [2.05, 4.69) is 55.0 Å². The predicted molar refractivity (Wildman–Crippen MR) is 81.2 cm³/mol. The summed E-state index contributed by atoms with van der Waals surface area (Å²) in [4.78, 5) is 0. The molecule has 0 spiro atoms. The minimum atomic E-state index is 0.284. The van der Waals surface area contributed by atoms with E-state index in [1.807, 2.05) is 19.2 Å². The zero-order valence-corrected chi connectivity index (χ0v) is 13.6. The Hall–Kier alpha value is -0.540. The van der Waals surface area contributed by atoms with Crippen LogP contribution < -0.4 is 10.1 Å². The molecule has 102 valence electrons. The van der Waals surface area contributed by atoms with Crippen LogP contribution in [0.15, 0.2) is 22.7 Å². The molecule has 1 aromatic rings. The van der Waals surface area contributed by atoms with Crippen LogP contribution in [-0.2, 0) is 0 Å². The van der Waals surface area contributed by atoms with Gasteiger partial charge in [0.1, 0.15) is 5.75 Å². The Morgan fingerprint density at radius 1 is 1.33 bits per heavy atom. The SMILES string of the molecule is CNC(C)c1cc(Br)ccc1OCCC(C)(C)C. The van der Waals surface area contributed by atoms with Gasteiger partial charge in [-0.05, 0) is 44.0 Å². The lowest BCUT2D eigenvalue weighted by Gasteiger charge is -2.21. The first kappa shape index (κ1) is 15.5. The molecule has 0 saturated heterocycles. The summed E-state index contributed by atoms with van der Waals surface area (Å²) in [5, 5.41) is 3.25. The van der Waals surface area contributed by atoms with Gasteiger partial charge in [0.15, 0.2) is 0 Å². The maximum Gasteiger partial charge on any atom is 0.124 e. The first-order valence-corrected chi connectivity index (χ1v) is 7.22. The van der Waals surface area contributed by atoms with Crippen LogP contribution in [0.3, 0.4) is 0 Å². The third-order valence-corrected chi connectivity index (χ3v) is 3.47. The average molecular weight is 314 g/mol. The molecule has 0 radical (unpaired) electrons. The molecule has 3 heteroatoms. The van der Waals surface area contributed by atoms with Gasteiger partial charge in [0, 0.05) is 16.1 Å². The highest BCUT2D eigenvalue weighted by Crippen LogP contribution is 2.29. The fourth-order valence-corrected chi connectivity index (χ4v) is 1.99. The molecule has 0 bridgehead atoms. The molecular formula is C15H24BrNO. The van der Waals surface area contributed by atoms with Crippen LogP contribution in [0.2, 0.25) is 0 Å². The molecule has 0 saturated carbocycles. The summed E-state index contributed by atoms with van der Waals surface area (Å²) >= 11 is 3.51. The molecule has 2 nitrogen and oxygen atoms in total. The maximum absolute atomic E-state index is 5.93. The first-order valence-electron chi connectivity index (χ1n) is 6.43. The van der Waals surface area contributed by atoms with Crippen molar-refractivity contribution in [1.29, 1.82) is 0 Å². The van der Waals surface area contributed by atoms with Crippen LogP contribution in [0, 0.1) is 5.41 Å². The molecule has 0 fully saturated rings. The van der Waals surface area contributed by atoms with Crippen molar-refractivity contribution in [2.75, 3.05) is 13.7 Å². The summed E-state index contributed by atoms with van der Waals surface area (Å²) in [6.07, 6.45) is 1.05. The van der Waals surface area contributed by atoms with Gasteiger partial charge in [0.05, 0.1) is 6.61 Å². The van der Waals surface area contributed by atoms with Crippen LogP contribution in [0.4, 0.5) is 0 Å². The molecular weight excluding hydrogens is 290 g/mol. The Kier molecular flexibility index (Phi) is 5.67. The van der Waals surface area contributed by atoms with Crippen LogP contribution in [-0.4, -0.2) is 13.7 Å². The fraction of sp³-hybridized carbons (Fsp3) is 0.600. The number of nitrogens with one attached hydrogen (secondary N) is 1. The molecule has 0 amide bonds. The number of rotatable bonds is 5. The third-order valence-electron chi connectivity index (χ3n) is 2.98. The molecule has 0 aliphatic carbocycles. The lowest BCUT2D eigenvalue weighted by molar-refractivity contribution is 0.240. The second-order valence-electron chi connectivity index (χ2n) is 5.85. The Balaban J connectivity index is 2.75. The molecule has 0 aromatic heterocycles. The molecule has 0 aliphatic heterocycles. The van der Waals surface area contributed by atoms with E-state index >= 15 is 0 Å². The Bertz CT molecular complexity index is 385. The van der Waals surface area contributed by atoms with Crippen LogP contribution in [0.5, 0.6) is 5.75 Å². The van der Waals surface area contributed by atoms with E-state index in [1.54, 1.807) is 0 Å². The minimum Gasteiger partial charge on any atom is -0.493 e. The van der Waals surface area contributed by atoms with Crippen molar-refractivity contribution in [2.45, 2.75) is 40.2 Å². The normalized spacial score (nSPS) is 13.4. The van der Waals surface area contributed by atoms with E-state index in [4.69, 9.17) is 4.74 Å². The van der Waals surface area contributed by atoms with Gasteiger partial charge in [0.25, 0.3) is 0 Å². The number of halogens is 1. The summed E-state index contributed by atoms with van der Waals surface area (Å²) in [6, 6.07) is 6.47. The summed E-state index contributed by atoms with van der Waals surface area (Å²) in [6.45, 7) is 9.59. The molecule has 0 aliphatic rings. The number of hydrogen-bond donors (Lipinski definition) is 1. The van der Waals surface area contributed by atoms with Crippen molar-refractivity contribution < 1.29 is 4.74 Å². The quantitative estimate of drug-likeness (QED) is 0.861. The zero-order chi connectivity index (χ0) is 13.8. The Labute approximate surface area is 119 Å². The molecule has 1 unspecified atom stereocenters. The summed E-state index contributed by atoms with van der Waals surface area (Å²) in [7, 11) is 1.96. The Morgan fingerprint density at radius 2 is 2.00 bits per heavy atom. The minimum absolute atomic E-state index is 0.284.